The Morgan fingerprint density at radius 2 is 2.19 bits per heavy atom. The highest BCUT2D eigenvalue weighted by Gasteiger charge is 2.12. The van der Waals surface area contributed by atoms with Crippen LogP contribution in [-0.2, 0) is 13.5 Å². The summed E-state index contributed by atoms with van der Waals surface area (Å²) >= 11 is 0. The number of aryl methyl sites for hydroxylation is 3. The molecule has 0 amide bonds. The number of ether oxygens (including phenoxy) is 1. The van der Waals surface area contributed by atoms with Crippen LogP contribution < -0.4 is 10.1 Å². The zero-order valence-electron chi connectivity index (χ0n) is 13.4. The first kappa shape index (κ1) is 15.6. The summed E-state index contributed by atoms with van der Waals surface area (Å²) in [5, 5.41) is 7.80. The van der Waals surface area contributed by atoms with Crippen LogP contribution in [0.4, 0.5) is 0 Å². The number of methoxy groups -OCH3 is 1. The highest BCUT2D eigenvalue weighted by atomic mass is 16.5. The average Bonchev–Trinajstić information content (AvgIpc) is 2.89. The standard InChI is InChI=1S/C17H25N3O/c1-5-18-16(8-6-14-11-19-20(3)12-14)15-7-9-17(21-4)13(2)10-15/h7,9-12,16,18H,5-6,8H2,1-4H3. The van der Waals surface area contributed by atoms with E-state index in [1.807, 2.05) is 17.9 Å². The van der Waals surface area contributed by atoms with Crippen molar-refractivity contribution in [2.24, 2.45) is 7.05 Å². The predicted octanol–water partition coefficient (Wildman–Crippen LogP) is 3.02. The monoisotopic (exact) mass is 287 g/mol. The Labute approximate surface area is 127 Å². The Hall–Kier alpha value is -1.81. The van der Waals surface area contributed by atoms with Gasteiger partial charge in [-0.15, -0.1) is 0 Å². The van der Waals surface area contributed by atoms with Gasteiger partial charge in [-0.1, -0.05) is 19.1 Å². The van der Waals surface area contributed by atoms with Crippen LogP contribution in [0.15, 0.2) is 30.6 Å². The molecule has 1 aromatic heterocycles. The summed E-state index contributed by atoms with van der Waals surface area (Å²) in [5.74, 6) is 0.946. The van der Waals surface area contributed by atoms with Gasteiger partial charge in [0.1, 0.15) is 5.75 Å². The molecule has 0 aliphatic carbocycles. The number of rotatable bonds is 7. The molecule has 1 N–H and O–H groups in total. The third-order valence-corrected chi connectivity index (χ3v) is 3.75. The Balaban J connectivity index is 2.08. The lowest BCUT2D eigenvalue weighted by atomic mass is 9.98. The first-order chi connectivity index (χ1) is 10.1. The van der Waals surface area contributed by atoms with E-state index in [1.54, 1.807) is 7.11 Å². The van der Waals surface area contributed by atoms with E-state index in [9.17, 15) is 0 Å². The molecule has 4 nitrogen and oxygen atoms in total. The molecule has 0 aliphatic heterocycles. The third-order valence-electron chi connectivity index (χ3n) is 3.75. The first-order valence-corrected chi connectivity index (χ1v) is 7.49. The Morgan fingerprint density at radius 1 is 1.38 bits per heavy atom. The highest BCUT2D eigenvalue weighted by molar-refractivity contribution is 5.37. The maximum Gasteiger partial charge on any atom is 0.121 e. The number of hydrogen-bond acceptors (Lipinski definition) is 3. The number of nitrogens with one attached hydrogen (secondary N) is 1. The first-order valence-electron chi connectivity index (χ1n) is 7.49. The highest BCUT2D eigenvalue weighted by Crippen LogP contribution is 2.25. The van der Waals surface area contributed by atoms with E-state index in [1.165, 1.54) is 16.7 Å². The van der Waals surface area contributed by atoms with Gasteiger partial charge in [0.05, 0.1) is 13.3 Å². The fourth-order valence-corrected chi connectivity index (χ4v) is 2.66. The number of nitrogens with zero attached hydrogens (tertiary/aromatic N) is 2. The SMILES string of the molecule is CCNC(CCc1cnn(C)c1)c1ccc(OC)c(C)c1. The molecule has 1 unspecified atom stereocenters. The van der Waals surface area contributed by atoms with Gasteiger partial charge in [-0.25, -0.2) is 0 Å². The van der Waals surface area contributed by atoms with E-state index < -0.39 is 0 Å². The minimum Gasteiger partial charge on any atom is -0.496 e. The van der Waals surface area contributed by atoms with Gasteiger partial charge in [0.15, 0.2) is 0 Å². The van der Waals surface area contributed by atoms with E-state index in [0.717, 1.165) is 25.1 Å². The van der Waals surface area contributed by atoms with Crippen LogP contribution >= 0.6 is 0 Å². The van der Waals surface area contributed by atoms with Crippen LogP contribution in [0.3, 0.4) is 0 Å². The minimum atomic E-state index is 0.361. The minimum absolute atomic E-state index is 0.361. The molecule has 0 saturated carbocycles. The molecule has 21 heavy (non-hydrogen) atoms. The molecule has 2 aromatic rings. The van der Waals surface area contributed by atoms with E-state index in [-0.39, 0.29) is 0 Å². The molecule has 1 atom stereocenters. The molecule has 2 rings (SSSR count). The molecule has 0 bridgehead atoms. The van der Waals surface area contributed by atoms with E-state index in [4.69, 9.17) is 4.74 Å². The van der Waals surface area contributed by atoms with Gasteiger partial charge in [0.2, 0.25) is 0 Å². The second-order valence-corrected chi connectivity index (χ2v) is 5.40. The second-order valence-electron chi connectivity index (χ2n) is 5.40. The van der Waals surface area contributed by atoms with E-state index in [2.05, 4.69) is 48.7 Å². The smallest absolute Gasteiger partial charge is 0.121 e. The van der Waals surface area contributed by atoms with E-state index in [0.29, 0.717) is 6.04 Å². The molecule has 0 spiro atoms. The van der Waals surface area contributed by atoms with Crippen molar-refractivity contribution in [2.75, 3.05) is 13.7 Å². The van der Waals surface area contributed by atoms with Crippen molar-refractivity contribution < 1.29 is 4.74 Å². The zero-order valence-corrected chi connectivity index (χ0v) is 13.4. The summed E-state index contributed by atoms with van der Waals surface area (Å²) in [6.45, 7) is 5.20. The summed E-state index contributed by atoms with van der Waals surface area (Å²) in [6, 6.07) is 6.79. The lowest BCUT2D eigenvalue weighted by Gasteiger charge is -2.19. The summed E-state index contributed by atoms with van der Waals surface area (Å²) < 4.78 is 7.20. The molecule has 4 heteroatoms. The number of aromatic nitrogens is 2. The summed E-state index contributed by atoms with van der Waals surface area (Å²) in [6.07, 6.45) is 6.12. The zero-order chi connectivity index (χ0) is 15.2. The van der Waals surface area contributed by atoms with E-state index >= 15 is 0 Å². The molecular formula is C17H25N3O. The van der Waals surface area contributed by atoms with Crippen molar-refractivity contribution in [1.82, 2.24) is 15.1 Å². The maximum absolute atomic E-state index is 5.34. The predicted molar refractivity (Wildman–Crippen MR) is 85.7 cm³/mol. The molecule has 0 aliphatic rings. The average molecular weight is 287 g/mol. The molecular weight excluding hydrogens is 262 g/mol. The summed E-state index contributed by atoms with van der Waals surface area (Å²) in [5.41, 5.74) is 3.78. The molecule has 1 heterocycles. The quantitative estimate of drug-likeness (QED) is 0.851. The van der Waals surface area contributed by atoms with Crippen LogP contribution in [0, 0.1) is 6.92 Å². The van der Waals surface area contributed by atoms with Crippen LogP contribution in [0.1, 0.15) is 36.1 Å². The topological polar surface area (TPSA) is 39.1 Å². The van der Waals surface area contributed by atoms with Crippen molar-refractivity contribution >= 4 is 0 Å². The van der Waals surface area contributed by atoms with Gasteiger partial charge in [-0.05, 0) is 49.1 Å². The number of hydrogen-bond donors (Lipinski definition) is 1. The van der Waals surface area contributed by atoms with Crippen molar-refractivity contribution in [3.63, 3.8) is 0 Å². The summed E-state index contributed by atoms with van der Waals surface area (Å²) in [7, 11) is 3.67. The Kier molecular flexibility index (Phi) is 5.39. The van der Waals surface area contributed by atoms with Gasteiger partial charge in [-0.2, -0.15) is 5.10 Å². The Bertz CT molecular complexity index is 577. The van der Waals surface area contributed by atoms with Crippen LogP contribution in [-0.4, -0.2) is 23.4 Å². The molecule has 1 aromatic carbocycles. The van der Waals surface area contributed by atoms with Crippen LogP contribution in [0.25, 0.3) is 0 Å². The molecule has 0 radical (unpaired) electrons. The fourth-order valence-electron chi connectivity index (χ4n) is 2.66. The van der Waals surface area contributed by atoms with Gasteiger partial charge in [-0.3, -0.25) is 4.68 Å². The lowest BCUT2D eigenvalue weighted by Crippen LogP contribution is -2.21. The molecule has 0 saturated heterocycles. The Morgan fingerprint density at radius 3 is 2.76 bits per heavy atom. The maximum atomic E-state index is 5.34. The van der Waals surface area contributed by atoms with Crippen molar-refractivity contribution in [3.8, 4) is 5.75 Å². The molecule has 114 valence electrons. The number of benzene rings is 1. The van der Waals surface area contributed by atoms with Gasteiger partial charge in [0.25, 0.3) is 0 Å². The second kappa shape index (κ2) is 7.27. The van der Waals surface area contributed by atoms with Crippen molar-refractivity contribution in [2.45, 2.75) is 32.7 Å². The van der Waals surface area contributed by atoms with Gasteiger partial charge >= 0.3 is 0 Å². The van der Waals surface area contributed by atoms with Crippen molar-refractivity contribution in [3.05, 3.63) is 47.3 Å². The van der Waals surface area contributed by atoms with Crippen LogP contribution in [0.5, 0.6) is 5.75 Å². The fraction of sp³-hybridized carbons (Fsp3) is 0.471. The van der Waals surface area contributed by atoms with Crippen LogP contribution in [0.2, 0.25) is 0 Å². The largest absolute Gasteiger partial charge is 0.496 e. The third kappa shape index (κ3) is 4.08. The summed E-state index contributed by atoms with van der Waals surface area (Å²) in [4.78, 5) is 0. The van der Waals surface area contributed by atoms with Gasteiger partial charge < -0.3 is 10.1 Å². The lowest BCUT2D eigenvalue weighted by molar-refractivity contribution is 0.411. The van der Waals surface area contributed by atoms with Gasteiger partial charge in [0, 0.05) is 19.3 Å². The van der Waals surface area contributed by atoms with Crippen molar-refractivity contribution in [1.29, 1.82) is 0 Å². The molecule has 0 fully saturated rings. The normalized spacial score (nSPS) is 12.4.